The van der Waals surface area contributed by atoms with Gasteiger partial charge in [0.15, 0.2) is 11.6 Å². The second-order valence-corrected chi connectivity index (χ2v) is 17.7. The summed E-state index contributed by atoms with van der Waals surface area (Å²) in [6.45, 7) is 14.5. The number of rotatable bonds is 4. The van der Waals surface area contributed by atoms with E-state index in [0.29, 0.717) is 42.4 Å². The maximum Gasteiger partial charge on any atom is 2.00 e. The molecular formula is C51H61Br5Cl3IMg2N10O7. The van der Waals surface area contributed by atoms with E-state index in [-0.39, 0.29) is 152 Å². The van der Waals surface area contributed by atoms with Gasteiger partial charge in [-0.05, 0) is 160 Å². The summed E-state index contributed by atoms with van der Waals surface area (Å²) in [5, 5.41) is 28.6. The number of hydrogen-bond donors (Lipinski definition) is 0. The Bertz CT molecular complexity index is 2870. The molecule has 79 heavy (non-hydrogen) atoms. The van der Waals surface area contributed by atoms with E-state index < -0.39 is 4.92 Å². The number of pyridine rings is 6. The molecule has 0 saturated carbocycles. The van der Waals surface area contributed by atoms with Gasteiger partial charge in [-0.3, -0.25) is 29.5 Å². The number of nitro groups is 1. The number of hydrogen-bond acceptors (Lipinski definition) is 15. The number of amides is 1. The second-order valence-electron chi connectivity index (χ2n) is 13.8. The molecule has 0 aliphatic rings. The van der Waals surface area contributed by atoms with Gasteiger partial charge < -0.3 is 53.7 Å². The fraction of sp³-hybridized carbons (Fsp3) is 0.255. The Morgan fingerprint density at radius 2 is 0.937 bits per heavy atom. The van der Waals surface area contributed by atoms with Crippen LogP contribution in [0, 0.1) is 89.2 Å². The van der Waals surface area contributed by atoms with Crippen LogP contribution < -0.4 is 34.0 Å². The van der Waals surface area contributed by atoms with Gasteiger partial charge in [-0.15, -0.1) is 23.8 Å². The van der Waals surface area contributed by atoms with Crippen molar-refractivity contribution in [2.24, 2.45) is 0 Å². The molecular weight excluding hydrogens is 1550 g/mol. The van der Waals surface area contributed by atoms with Crippen LogP contribution in [0.3, 0.4) is 0 Å². The van der Waals surface area contributed by atoms with E-state index in [4.69, 9.17) is 55.5 Å². The zero-order valence-corrected chi connectivity index (χ0v) is 58.3. The molecule has 0 aliphatic carbocycles. The molecule has 17 nitrogen and oxygen atoms in total. The summed E-state index contributed by atoms with van der Waals surface area (Å²) < 4.78 is 8.01. The molecule has 0 fully saturated rings. The van der Waals surface area contributed by atoms with E-state index in [0.717, 1.165) is 31.2 Å². The first-order chi connectivity index (χ1) is 33.2. The van der Waals surface area contributed by atoms with Gasteiger partial charge in [0.2, 0.25) is 5.69 Å². The maximum absolute atomic E-state index is 11.5. The van der Waals surface area contributed by atoms with Crippen LogP contribution in [0.2, 0.25) is 15.5 Å². The van der Waals surface area contributed by atoms with E-state index in [2.05, 4.69) is 77.7 Å². The molecule has 1 amide bonds. The third-order valence-corrected chi connectivity index (χ3v) is 10.1. The number of nitriles is 2. The molecule has 0 bridgehead atoms. The summed E-state index contributed by atoms with van der Waals surface area (Å²) in [5.74, 6) is -0.0247. The minimum Gasteiger partial charge on any atom is -1.00 e. The van der Waals surface area contributed by atoms with Crippen molar-refractivity contribution in [3.63, 3.8) is 0 Å². The third-order valence-electron chi connectivity index (χ3n) is 8.18. The molecule has 0 unspecified atom stereocenters. The van der Waals surface area contributed by atoms with Crippen LogP contribution in [0.4, 0.5) is 5.69 Å². The summed E-state index contributed by atoms with van der Waals surface area (Å²) >= 11 is 27.8. The molecule has 6 aromatic heterocycles. The molecule has 6 aromatic rings. The van der Waals surface area contributed by atoms with Crippen LogP contribution in [-0.4, -0.2) is 124 Å². The molecule has 28 heteroatoms. The predicted octanol–water partition coefficient (Wildman–Crippen LogP) is 8.44. The fourth-order valence-corrected chi connectivity index (χ4v) is 6.54. The fourth-order valence-electron chi connectivity index (χ4n) is 4.69. The Hall–Kier alpha value is -3.00. The molecule has 0 N–H and O–H groups in total. The Labute approximate surface area is 576 Å². The standard InChI is InChI=1S/C9H11ClN2O.C8H8BrNO.C8H8ClNO.C7H5BrN2.C7H8ClN.C6H2BrN3O2.CO2.3CH4.2CH3.2BrH.HI.2Mg/c1-6-4-8(10)11-5-7(6)9(13)12(2)3;1-5-3-7(9)4-10-8(5)6(2)11;1-5-3-8(9)10-4-7(5)6(2)11;1-5-2-6(8)4-10-7(5)3-9;1-5-3-7(8)9-4-6(5)2;7-4-1-6(10(11)12)5(2-8)9-3-4;2-1-3;;;;;;;;;;/h4-5H,1-3H3;2*3-4H,1-2H3;2,4H,1H3;3-4H,1-2H3;1,3H;;3*1H4;2*1H3;3*1H;;/q;;;;;;;;;;2*-1;;;;2*+2/p-2/i/hD. The SMILES string of the molecule is C.C.C.CC(=O)c1cnc(Cl)cc1C.CC(=O)c1ncc(Br)cc1C.Cc1cc(Br)cnc1C#N.Cc1cc(Cl)ncc1C(=O)N(C)C.Cc1cnc(Cl)cc1C.N#Cc1ncc(Br)cc1[N+](=O)[O-].O=C=O.[2H]I.[Br-].[Br-].[CH3-].[CH3-].[Mg+2].[Mg+2]. The Kier molecular flexibility index (Phi) is 67.4. The van der Waals surface area contributed by atoms with Gasteiger partial charge in [-0.1, -0.05) is 57.1 Å². The maximum atomic E-state index is 11.5. The van der Waals surface area contributed by atoms with E-state index in [1.54, 1.807) is 50.9 Å². The van der Waals surface area contributed by atoms with E-state index in [1.807, 2.05) is 65.8 Å². The van der Waals surface area contributed by atoms with Gasteiger partial charge in [0.05, 0.1) is 10.5 Å². The van der Waals surface area contributed by atoms with Crippen LogP contribution in [0.15, 0.2) is 87.0 Å². The predicted molar refractivity (Wildman–Crippen MR) is 331 cm³/mol. The number of aryl methyl sites for hydroxylation is 6. The number of carbonyl (C=O) groups is 3. The molecule has 0 spiro atoms. The van der Waals surface area contributed by atoms with Crippen LogP contribution in [0.5, 0.6) is 0 Å². The minimum atomic E-state index is -0.643. The van der Waals surface area contributed by atoms with Gasteiger partial charge in [0, 0.05) is 83.2 Å². The van der Waals surface area contributed by atoms with Crippen molar-refractivity contribution in [3.8, 4) is 12.1 Å². The molecule has 0 saturated heterocycles. The van der Waals surface area contributed by atoms with Gasteiger partial charge >= 0.3 is 57.9 Å². The second kappa shape index (κ2) is 54.3. The number of Topliss-reactive ketones (excluding diaryl/α,β-unsaturated/α-hetero) is 2. The Morgan fingerprint density at radius 1 is 0.582 bits per heavy atom. The summed E-state index contributed by atoms with van der Waals surface area (Å²) in [7, 11) is 3.41. The van der Waals surface area contributed by atoms with E-state index in [1.165, 1.54) is 78.3 Å². The number of halogens is 9. The van der Waals surface area contributed by atoms with Crippen molar-refractivity contribution in [1.29, 1.82) is 11.1 Å². The summed E-state index contributed by atoms with van der Waals surface area (Å²) in [6, 6.07) is 13.8. The van der Waals surface area contributed by atoms with Gasteiger partial charge in [-0.25, -0.2) is 24.9 Å². The van der Waals surface area contributed by atoms with Crippen molar-refractivity contribution < 1.29 is 62.9 Å². The molecule has 6 heterocycles. The number of carbonyl (C=O) groups excluding carboxylic acids is 5. The van der Waals surface area contributed by atoms with Crippen LogP contribution in [-0.2, 0) is 9.59 Å². The monoisotopic (exact) mass is 1600 g/mol. The topological polar surface area (TPSA) is 257 Å². The molecule has 0 aliphatic heterocycles. The molecule has 0 radical (unpaired) electrons. The van der Waals surface area contributed by atoms with Gasteiger partial charge in [-0.2, -0.15) is 20.1 Å². The summed E-state index contributed by atoms with van der Waals surface area (Å²) in [6.07, 6.45) is 9.61. The molecule has 0 aromatic carbocycles. The van der Waals surface area contributed by atoms with Crippen LogP contribution in [0.1, 0.15) is 112 Å². The van der Waals surface area contributed by atoms with Crippen LogP contribution in [0.25, 0.3) is 0 Å². The zero-order valence-electron chi connectivity index (χ0n) is 44.1. The van der Waals surface area contributed by atoms with Gasteiger partial charge in [0.25, 0.3) is 5.91 Å². The van der Waals surface area contributed by atoms with E-state index in [9.17, 15) is 24.5 Å². The van der Waals surface area contributed by atoms with Crippen molar-refractivity contribution in [2.45, 2.75) is 77.7 Å². The van der Waals surface area contributed by atoms with Crippen molar-refractivity contribution in [1.82, 2.24) is 34.8 Å². The van der Waals surface area contributed by atoms with Crippen molar-refractivity contribution >= 4 is 182 Å². The number of nitrogens with zero attached hydrogens (tertiary/aromatic N) is 10. The normalized spacial score (nSPS) is 8.11. The molecule has 424 valence electrons. The molecule has 0 atom stereocenters. The van der Waals surface area contributed by atoms with Crippen molar-refractivity contribution in [2.75, 3.05) is 14.1 Å². The van der Waals surface area contributed by atoms with Crippen LogP contribution >= 0.6 is 106 Å². The number of aromatic nitrogens is 6. The average Bonchev–Trinajstić information content (AvgIpc) is 3.29. The minimum absolute atomic E-state index is 0. The first-order valence-electron chi connectivity index (χ1n) is 19.5. The first-order valence-corrected chi connectivity index (χ1v) is 22.7. The van der Waals surface area contributed by atoms with Gasteiger partial charge in [0.1, 0.15) is 39.6 Å². The zero-order chi connectivity index (χ0) is 55.1. The smallest absolute Gasteiger partial charge is 1.00 e. The molecule has 6 rings (SSSR count). The Balaban J connectivity index is -0.0000000765. The Morgan fingerprint density at radius 3 is 1.25 bits per heavy atom. The third kappa shape index (κ3) is 40.8. The largest absolute Gasteiger partial charge is 2.00 e. The van der Waals surface area contributed by atoms with E-state index >= 15 is 0 Å². The quantitative estimate of drug-likeness (QED) is 0.0305. The summed E-state index contributed by atoms with van der Waals surface area (Å²) in [4.78, 5) is 83.8. The summed E-state index contributed by atoms with van der Waals surface area (Å²) in [5.41, 5.74) is 7.70. The first kappa shape index (κ1) is 98.1. The van der Waals surface area contributed by atoms with Crippen molar-refractivity contribution in [3.05, 3.63) is 189 Å². The number of ketones is 2. The average molecular weight is 1610 g/mol.